The molecular formula is C27H38N4O5S3. The fourth-order valence-corrected chi connectivity index (χ4v) is 7.60. The van der Waals surface area contributed by atoms with Crippen LogP contribution in [0.3, 0.4) is 0 Å². The molecule has 0 atom stereocenters. The molecule has 0 N–H and O–H groups in total. The minimum atomic E-state index is -3.66. The molecule has 0 bridgehead atoms. The number of hydrogen-bond acceptors (Lipinski definition) is 8. The van der Waals surface area contributed by atoms with Gasteiger partial charge in [-0.05, 0) is 68.4 Å². The van der Waals surface area contributed by atoms with Gasteiger partial charge in [0.1, 0.15) is 0 Å². The number of carbonyl (C=O) groups is 1. The van der Waals surface area contributed by atoms with Crippen LogP contribution in [0.2, 0.25) is 0 Å². The molecule has 0 aliphatic carbocycles. The molecule has 1 amide bonds. The van der Waals surface area contributed by atoms with Gasteiger partial charge in [-0.25, -0.2) is 21.8 Å². The molecule has 0 saturated carbocycles. The Hall–Kier alpha value is -2.38. The van der Waals surface area contributed by atoms with E-state index in [4.69, 9.17) is 0 Å². The Morgan fingerprint density at radius 3 is 1.95 bits per heavy atom. The molecule has 1 aromatic heterocycles. The molecule has 12 heteroatoms. The first-order chi connectivity index (χ1) is 18.5. The molecule has 214 valence electrons. The van der Waals surface area contributed by atoms with E-state index in [1.165, 1.54) is 33.8 Å². The fraction of sp³-hybridized carbons (Fsp3) is 0.481. The number of rotatable bonds is 14. The zero-order valence-electron chi connectivity index (χ0n) is 23.3. The van der Waals surface area contributed by atoms with E-state index in [1.54, 1.807) is 29.2 Å². The summed E-state index contributed by atoms with van der Waals surface area (Å²) in [4.78, 5) is 22.5. The second-order valence-corrected chi connectivity index (χ2v) is 14.3. The van der Waals surface area contributed by atoms with E-state index in [0.717, 1.165) is 19.3 Å². The van der Waals surface area contributed by atoms with E-state index in [9.17, 15) is 21.6 Å². The summed E-state index contributed by atoms with van der Waals surface area (Å²) < 4.78 is 52.5. The van der Waals surface area contributed by atoms with Gasteiger partial charge in [0, 0.05) is 38.0 Å². The van der Waals surface area contributed by atoms with E-state index >= 15 is 0 Å². The van der Waals surface area contributed by atoms with Crippen molar-refractivity contribution in [3.05, 3.63) is 48.0 Å². The van der Waals surface area contributed by atoms with Crippen molar-refractivity contribution in [2.45, 2.75) is 50.3 Å². The van der Waals surface area contributed by atoms with Gasteiger partial charge in [0.15, 0.2) is 15.0 Å². The lowest BCUT2D eigenvalue weighted by molar-refractivity contribution is 0.0983. The first-order valence-electron chi connectivity index (χ1n) is 13.2. The van der Waals surface area contributed by atoms with Crippen LogP contribution in [0, 0.1) is 0 Å². The summed E-state index contributed by atoms with van der Waals surface area (Å²) >= 11 is 1.26. The Kier molecular flexibility index (Phi) is 10.6. The zero-order valence-corrected chi connectivity index (χ0v) is 25.7. The number of nitrogens with zero attached hydrogens (tertiary/aromatic N) is 4. The summed E-state index contributed by atoms with van der Waals surface area (Å²) in [5, 5.41) is 0.460. The molecule has 3 aromatic rings. The van der Waals surface area contributed by atoms with Gasteiger partial charge < -0.3 is 4.90 Å². The summed E-state index contributed by atoms with van der Waals surface area (Å²) in [6, 6.07) is 10.8. The molecule has 1 heterocycles. The van der Waals surface area contributed by atoms with Gasteiger partial charge in [0.2, 0.25) is 10.0 Å². The summed E-state index contributed by atoms with van der Waals surface area (Å²) in [7, 11) is -7.04. The van der Waals surface area contributed by atoms with Crippen LogP contribution in [0.25, 0.3) is 10.2 Å². The third-order valence-electron chi connectivity index (χ3n) is 6.47. The van der Waals surface area contributed by atoms with Crippen molar-refractivity contribution in [1.82, 2.24) is 14.2 Å². The molecule has 0 saturated heterocycles. The Balaban J connectivity index is 1.97. The van der Waals surface area contributed by atoms with Gasteiger partial charge >= 0.3 is 0 Å². The minimum absolute atomic E-state index is 0.156. The summed E-state index contributed by atoms with van der Waals surface area (Å²) in [5.74, 6) is -0.299. The lowest BCUT2D eigenvalue weighted by Gasteiger charge is -2.25. The predicted octanol–water partition coefficient (Wildman–Crippen LogP) is 4.50. The van der Waals surface area contributed by atoms with E-state index in [-0.39, 0.29) is 15.7 Å². The fourth-order valence-electron chi connectivity index (χ4n) is 4.23. The molecular weight excluding hydrogens is 557 g/mol. The summed E-state index contributed by atoms with van der Waals surface area (Å²) in [6.45, 7) is 11.5. The maximum atomic E-state index is 13.8. The third kappa shape index (κ3) is 7.43. The predicted molar refractivity (Wildman–Crippen MR) is 158 cm³/mol. The van der Waals surface area contributed by atoms with Crippen LogP contribution in [0.5, 0.6) is 0 Å². The number of sulfonamides is 1. The van der Waals surface area contributed by atoms with Crippen molar-refractivity contribution in [2.75, 3.05) is 50.4 Å². The summed E-state index contributed by atoms with van der Waals surface area (Å²) in [6.07, 6.45) is 2.58. The highest BCUT2D eigenvalue weighted by Crippen LogP contribution is 2.31. The standard InChI is InChI=1S/C27H38N4O5S3/c1-6-16-30(17-7-2)39(35,36)22-12-10-21(11-13-22)26(32)31(19-18-29(8-3)9-4)27-28-24-15-14-23(38(5,33)34)20-25(24)37-27/h10-15,20H,6-9,16-19H2,1-5H3. The first-order valence-corrected chi connectivity index (χ1v) is 17.4. The van der Waals surface area contributed by atoms with Gasteiger partial charge in [-0.15, -0.1) is 0 Å². The molecule has 9 nitrogen and oxygen atoms in total. The van der Waals surface area contributed by atoms with Crippen LogP contribution in [0.4, 0.5) is 5.13 Å². The van der Waals surface area contributed by atoms with Crippen molar-refractivity contribution < 1.29 is 21.6 Å². The van der Waals surface area contributed by atoms with Gasteiger partial charge in [0.05, 0.1) is 20.0 Å². The number of benzene rings is 2. The lowest BCUT2D eigenvalue weighted by atomic mass is 10.2. The number of carbonyl (C=O) groups excluding carboxylic acids is 1. The van der Waals surface area contributed by atoms with Crippen molar-refractivity contribution >= 4 is 52.5 Å². The van der Waals surface area contributed by atoms with E-state index in [1.807, 2.05) is 13.8 Å². The Bertz CT molecular complexity index is 1480. The van der Waals surface area contributed by atoms with E-state index < -0.39 is 19.9 Å². The van der Waals surface area contributed by atoms with Crippen molar-refractivity contribution in [3.63, 3.8) is 0 Å². The van der Waals surface area contributed by atoms with Crippen LogP contribution in [0.15, 0.2) is 52.3 Å². The second-order valence-electron chi connectivity index (χ2n) is 9.31. The summed E-state index contributed by atoms with van der Waals surface area (Å²) in [5.41, 5.74) is 0.957. The Morgan fingerprint density at radius 2 is 1.41 bits per heavy atom. The number of thiazole rings is 1. The second kappa shape index (κ2) is 13.3. The van der Waals surface area contributed by atoms with Crippen molar-refractivity contribution in [3.8, 4) is 0 Å². The van der Waals surface area contributed by atoms with Crippen LogP contribution < -0.4 is 4.90 Å². The SMILES string of the molecule is CCCN(CCC)S(=O)(=O)c1ccc(C(=O)N(CCN(CC)CC)c2nc3ccc(S(C)(=O)=O)cc3s2)cc1. The van der Waals surface area contributed by atoms with Crippen molar-refractivity contribution in [1.29, 1.82) is 0 Å². The van der Waals surface area contributed by atoms with E-state index in [0.29, 0.717) is 59.9 Å². The number of aromatic nitrogens is 1. The maximum absolute atomic E-state index is 13.8. The molecule has 39 heavy (non-hydrogen) atoms. The lowest BCUT2D eigenvalue weighted by Crippen LogP contribution is -2.39. The quantitative estimate of drug-likeness (QED) is 0.270. The molecule has 0 fully saturated rings. The average Bonchev–Trinajstić information content (AvgIpc) is 3.33. The first kappa shape index (κ1) is 31.2. The number of fused-ring (bicyclic) bond motifs is 1. The highest BCUT2D eigenvalue weighted by atomic mass is 32.2. The van der Waals surface area contributed by atoms with Crippen LogP contribution in [-0.2, 0) is 19.9 Å². The van der Waals surface area contributed by atoms with Gasteiger partial charge in [-0.3, -0.25) is 9.69 Å². The highest BCUT2D eigenvalue weighted by Gasteiger charge is 2.26. The topological polar surface area (TPSA) is 108 Å². The zero-order chi connectivity index (χ0) is 28.8. The molecule has 0 aliphatic rings. The molecule has 0 radical (unpaired) electrons. The van der Waals surface area contributed by atoms with Crippen LogP contribution in [0.1, 0.15) is 50.9 Å². The number of hydrogen-bond donors (Lipinski definition) is 0. The molecule has 2 aromatic carbocycles. The molecule has 0 unspecified atom stereocenters. The van der Waals surface area contributed by atoms with Gasteiger partial charge in [-0.2, -0.15) is 4.31 Å². The van der Waals surface area contributed by atoms with Crippen LogP contribution in [-0.4, -0.2) is 82.5 Å². The highest BCUT2D eigenvalue weighted by molar-refractivity contribution is 7.90. The Morgan fingerprint density at radius 1 is 0.821 bits per heavy atom. The average molecular weight is 595 g/mol. The number of amides is 1. The molecule has 0 spiro atoms. The van der Waals surface area contributed by atoms with Crippen LogP contribution >= 0.6 is 11.3 Å². The van der Waals surface area contributed by atoms with E-state index in [2.05, 4.69) is 23.7 Å². The number of anilines is 1. The largest absolute Gasteiger partial charge is 0.302 e. The molecule has 3 rings (SSSR count). The Labute approximate surface area is 236 Å². The van der Waals surface area contributed by atoms with Gasteiger partial charge in [-0.1, -0.05) is 39.0 Å². The number of sulfone groups is 1. The van der Waals surface area contributed by atoms with Crippen molar-refractivity contribution in [2.24, 2.45) is 0 Å². The van der Waals surface area contributed by atoms with Gasteiger partial charge in [0.25, 0.3) is 5.91 Å². The molecule has 0 aliphatic heterocycles. The third-order valence-corrected chi connectivity index (χ3v) is 10.5. The number of likely N-dealkylation sites (N-methyl/N-ethyl adjacent to an activating group) is 1. The normalized spacial score (nSPS) is 12.5. The maximum Gasteiger partial charge on any atom is 0.260 e. The monoisotopic (exact) mass is 594 g/mol. The minimum Gasteiger partial charge on any atom is -0.302 e. The smallest absolute Gasteiger partial charge is 0.260 e.